The zero-order valence-electron chi connectivity index (χ0n) is 8.78. The van der Waals surface area contributed by atoms with Crippen molar-refractivity contribution in [2.24, 2.45) is 0 Å². The van der Waals surface area contributed by atoms with Crippen molar-refractivity contribution in [3.8, 4) is 0 Å². The number of urea groups is 1. The van der Waals surface area contributed by atoms with Crippen molar-refractivity contribution in [3.05, 3.63) is 0 Å². The summed E-state index contributed by atoms with van der Waals surface area (Å²) in [6.07, 6.45) is 0. The zero-order valence-corrected chi connectivity index (χ0v) is 8.78. The summed E-state index contributed by atoms with van der Waals surface area (Å²) in [4.78, 5) is 15.2. The Bertz CT molecular complexity index is 184. The molecule has 76 valence electrons. The van der Waals surface area contributed by atoms with Gasteiger partial charge in [-0.3, -0.25) is 0 Å². The van der Waals surface area contributed by atoms with Crippen molar-refractivity contribution < 1.29 is 9.53 Å². The summed E-state index contributed by atoms with van der Waals surface area (Å²) < 4.78 is 5.34. The highest BCUT2D eigenvalue weighted by Gasteiger charge is 2.30. The van der Waals surface area contributed by atoms with Gasteiger partial charge in [-0.1, -0.05) is 0 Å². The Morgan fingerprint density at radius 2 is 1.77 bits per heavy atom. The Balaban J connectivity index is 2.68. The van der Waals surface area contributed by atoms with E-state index in [1.54, 1.807) is 19.0 Å². The molecule has 0 bridgehead atoms. The lowest BCUT2D eigenvalue weighted by atomic mass is 10.2. The van der Waals surface area contributed by atoms with E-state index in [-0.39, 0.29) is 18.1 Å². The minimum Gasteiger partial charge on any atom is -0.377 e. The Hall–Kier alpha value is -0.770. The molecule has 0 spiro atoms. The summed E-state index contributed by atoms with van der Waals surface area (Å²) in [5.41, 5.74) is 0. The highest BCUT2D eigenvalue weighted by molar-refractivity contribution is 5.74. The second-order valence-electron chi connectivity index (χ2n) is 3.82. The molecule has 1 fully saturated rings. The lowest BCUT2D eigenvalue weighted by Crippen LogP contribution is -2.55. The van der Waals surface area contributed by atoms with Gasteiger partial charge in [0.2, 0.25) is 0 Å². The van der Waals surface area contributed by atoms with E-state index in [0.29, 0.717) is 13.2 Å². The minimum atomic E-state index is 0.0725. The van der Waals surface area contributed by atoms with Gasteiger partial charge in [0.25, 0.3) is 0 Å². The van der Waals surface area contributed by atoms with Crippen LogP contribution in [-0.4, -0.2) is 55.2 Å². The number of nitrogens with zero attached hydrogens (tertiary/aromatic N) is 2. The first-order valence-corrected chi connectivity index (χ1v) is 4.61. The molecule has 1 heterocycles. The third-order valence-corrected chi connectivity index (χ3v) is 2.27. The van der Waals surface area contributed by atoms with Crippen molar-refractivity contribution in [1.82, 2.24) is 9.80 Å². The quantitative estimate of drug-likeness (QED) is 0.560. The third-order valence-electron chi connectivity index (χ3n) is 2.27. The predicted molar refractivity (Wildman–Crippen MR) is 50.7 cm³/mol. The molecular formula is C9H18N2O2. The number of carbonyl (C=O) groups is 1. The van der Waals surface area contributed by atoms with Gasteiger partial charge in [-0.15, -0.1) is 0 Å². The van der Waals surface area contributed by atoms with E-state index >= 15 is 0 Å². The van der Waals surface area contributed by atoms with Crippen molar-refractivity contribution in [3.63, 3.8) is 0 Å². The van der Waals surface area contributed by atoms with Crippen LogP contribution in [0.3, 0.4) is 0 Å². The van der Waals surface area contributed by atoms with Crippen LogP contribution in [0.1, 0.15) is 13.8 Å². The SMILES string of the molecule is CC1COCC(C)N1C(=O)N(C)C. The molecule has 0 aromatic carbocycles. The van der Waals surface area contributed by atoms with Gasteiger partial charge in [0.15, 0.2) is 0 Å². The van der Waals surface area contributed by atoms with Crippen molar-refractivity contribution in [2.45, 2.75) is 25.9 Å². The molecule has 0 aromatic heterocycles. The molecule has 0 radical (unpaired) electrons. The molecule has 1 saturated heterocycles. The summed E-state index contributed by atoms with van der Waals surface area (Å²) in [5, 5.41) is 0. The molecule has 2 atom stereocenters. The van der Waals surface area contributed by atoms with Gasteiger partial charge in [-0.2, -0.15) is 0 Å². The normalized spacial score (nSPS) is 28.8. The van der Waals surface area contributed by atoms with E-state index in [0.717, 1.165) is 0 Å². The van der Waals surface area contributed by atoms with Gasteiger partial charge in [0.1, 0.15) is 0 Å². The van der Waals surface area contributed by atoms with Crippen LogP contribution in [-0.2, 0) is 4.74 Å². The summed E-state index contributed by atoms with van der Waals surface area (Å²) in [7, 11) is 3.55. The van der Waals surface area contributed by atoms with Crippen molar-refractivity contribution in [2.75, 3.05) is 27.3 Å². The standard InChI is InChI=1S/C9H18N2O2/c1-7-5-13-6-8(2)11(7)9(12)10(3)4/h7-8H,5-6H2,1-4H3. The van der Waals surface area contributed by atoms with E-state index in [1.807, 2.05) is 18.7 Å². The molecular weight excluding hydrogens is 168 g/mol. The monoisotopic (exact) mass is 186 g/mol. The van der Waals surface area contributed by atoms with Crippen molar-refractivity contribution in [1.29, 1.82) is 0 Å². The summed E-state index contributed by atoms with van der Waals surface area (Å²) in [6.45, 7) is 5.31. The Morgan fingerprint density at radius 1 is 1.31 bits per heavy atom. The molecule has 2 unspecified atom stereocenters. The topological polar surface area (TPSA) is 32.8 Å². The fourth-order valence-corrected chi connectivity index (χ4v) is 1.61. The van der Waals surface area contributed by atoms with Gasteiger partial charge < -0.3 is 14.5 Å². The van der Waals surface area contributed by atoms with Gasteiger partial charge >= 0.3 is 6.03 Å². The first kappa shape index (κ1) is 10.3. The van der Waals surface area contributed by atoms with Gasteiger partial charge in [0.05, 0.1) is 25.3 Å². The average molecular weight is 186 g/mol. The van der Waals surface area contributed by atoms with E-state index in [1.165, 1.54) is 0 Å². The number of rotatable bonds is 0. The molecule has 0 aromatic rings. The van der Waals surface area contributed by atoms with Crippen LogP contribution < -0.4 is 0 Å². The molecule has 13 heavy (non-hydrogen) atoms. The lowest BCUT2D eigenvalue weighted by molar-refractivity contribution is -0.0193. The number of hydrogen-bond acceptors (Lipinski definition) is 2. The first-order valence-electron chi connectivity index (χ1n) is 4.61. The molecule has 0 aliphatic carbocycles. The zero-order chi connectivity index (χ0) is 10.0. The molecule has 1 aliphatic heterocycles. The Morgan fingerprint density at radius 3 is 2.15 bits per heavy atom. The Kier molecular flexibility index (Phi) is 3.14. The first-order chi connectivity index (χ1) is 6.04. The third kappa shape index (κ3) is 2.12. The minimum absolute atomic E-state index is 0.0725. The van der Waals surface area contributed by atoms with Crippen LogP contribution in [0.2, 0.25) is 0 Å². The summed E-state index contributed by atoms with van der Waals surface area (Å²) in [5.74, 6) is 0. The van der Waals surface area contributed by atoms with Crippen LogP contribution in [0, 0.1) is 0 Å². The maximum absolute atomic E-state index is 11.7. The number of amides is 2. The second-order valence-corrected chi connectivity index (χ2v) is 3.82. The fraction of sp³-hybridized carbons (Fsp3) is 0.889. The maximum Gasteiger partial charge on any atom is 0.320 e. The van der Waals surface area contributed by atoms with E-state index in [2.05, 4.69) is 0 Å². The highest BCUT2D eigenvalue weighted by atomic mass is 16.5. The largest absolute Gasteiger partial charge is 0.377 e. The van der Waals surface area contributed by atoms with Crippen LogP contribution in [0.25, 0.3) is 0 Å². The van der Waals surface area contributed by atoms with Crippen LogP contribution in [0.15, 0.2) is 0 Å². The predicted octanol–water partition coefficient (Wildman–Crippen LogP) is 0.777. The molecule has 2 amide bonds. The summed E-state index contributed by atoms with van der Waals surface area (Å²) >= 11 is 0. The van der Waals surface area contributed by atoms with Crippen molar-refractivity contribution >= 4 is 6.03 Å². The molecule has 1 aliphatic rings. The molecule has 0 N–H and O–H groups in total. The average Bonchev–Trinajstić information content (AvgIpc) is 2.03. The number of carbonyl (C=O) groups excluding carboxylic acids is 1. The number of ether oxygens (including phenoxy) is 1. The van der Waals surface area contributed by atoms with Gasteiger partial charge in [0, 0.05) is 14.1 Å². The molecule has 4 heteroatoms. The van der Waals surface area contributed by atoms with Gasteiger partial charge in [-0.25, -0.2) is 4.79 Å². The van der Waals surface area contributed by atoms with Crippen LogP contribution >= 0.6 is 0 Å². The number of morpholine rings is 1. The second kappa shape index (κ2) is 3.96. The fourth-order valence-electron chi connectivity index (χ4n) is 1.61. The van der Waals surface area contributed by atoms with E-state index < -0.39 is 0 Å². The van der Waals surface area contributed by atoms with E-state index in [9.17, 15) is 4.79 Å². The summed E-state index contributed by atoms with van der Waals surface area (Å²) in [6, 6.07) is 0.431. The number of hydrogen-bond donors (Lipinski definition) is 0. The maximum atomic E-state index is 11.7. The Labute approximate surface area is 79.4 Å². The molecule has 0 saturated carbocycles. The molecule has 4 nitrogen and oxygen atoms in total. The van der Waals surface area contributed by atoms with Crippen LogP contribution in [0.5, 0.6) is 0 Å². The lowest BCUT2D eigenvalue weighted by Gasteiger charge is -2.40. The highest BCUT2D eigenvalue weighted by Crippen LogP contribution is 2.14. The smallest absolute Gasteiger partial charge is 0.320 e. The van der Waals surface area contributed by atoms with E-state index in [4.69, 9.17) is 4.74 Å². The van der Waals surface area contributed by atoms with Gasteiger partial charge in [-0.05, 0) is 13.8 Å². The molecule has 1 rings (SSSR count). The van der Waals surface area contributed by atoms with Crippen LogP contribution in [0.4, 0.5) is 4.79 Å².